The molecule has 0 saturated heterocycles. The number of rotatable bonds is 7. The first kappa shape index (κ1) is 14.6. The van der Waals surface area contributed by atoms with Crippen molar-refractivity contribution in [2.45, 2.75) is 52.0 Å². The van der Waals surface area contributed by atoms with Gasteiger partial charge in [0.2, 0.25) is 0 Å². The molecule has 0 bridgehead atoms. The summed E-state index contributed by atoms with van der Waals surface area (Å²) in [5.74, 6) is -0.800. The minimum absolute atomic E-state index is 0.0801. The predicted octanol–water partition coefficient (Wildman–Crippen LogP) is 2.62. The minimum Gasteiger partial charge on any atom is -0.481 e. The van der Waals surface area contributed by atoms with Gasteiger partial charge in [-0.25, -0.2) is 0 Å². The molecule has 1 heterocycles. The molecule has 0 atom stereocenters. The first-order valence-electron chi connectivity index (χ1n) is 7.14. The fraction of sp³-hybridized carbons (Fsp3) is 0.600. The smallest absolute Gasteiger partial charge is 0.311 e. The van der Waals surface area contributed by atoms with Gasteiger partial charge < -0.3 is 14.4 Å². The van der Waals surface area contributed by atoms with Crippen molar-refractivity contribution in [2.24, 2.45) is 0 Å². The average Bonchev–Trinajstić information content (AvgIpc) is 3.15. The zero-order chi connectivity index (χ0) is 14.7. The largest absolute Gasteiger partial charge is 0.481 e. The topological polar surface area (TPSA) is 70.8 Å². The molecule has 5 heteroatoms. The quantitative estimate of drug-likeness (QED) is 0.833. The molecule has 1 amide bonds. The molecule has 1 fully saturated rings. The van der Waals surface area contributed by atoms with Gasteiger partial charge in [-0.05, 0) is 26.2 Å². The van der Waals surface area contributed by atoms with Gasteiger partial charge >= 0.3 is 5.97 Å². The Kier molecular flexibility index (Phi) is 4.47. The first-order valence-corrected chi connectivity index (χ1v) is 7.14. The number of carboxylic acids is 1. The Bertz CT molecular complexity index is 502. The highest BCUT2D eigenvalue weighted by atomic mass is 16.4. The summed E-state index contributed by atoms with van der Waals surface area (Å²) in [5.41, 5.74) is 1.16. The van der Waals surface area contributed by atoms with Crippen molar-refractivity contribution in [3.8, 4) is 0 Å². The molecule has 0 radical (unpaired) electrons. The van der Waals surface area contributed by atoms with Gasteiger partial charge in [0.05, 0.1) is 11.8 Å². The van der Waals surface area contributed by atoms with Crippen LogP contribution in [0.2, 0.25) is 0 Å². The summed E-state index contributed by atoms with van der Waals surface area (Å²) >= 11 is 0. The summed E-state index contributed by atoms with van der Waals surface area (Å²) < 4.78 is 5.25. The lowest BCUT2D eigenvalue weighted by molar-refractivity contribution is -0.136. The van der Waals surface area contributed by atoms with Crippen molar-refractivity contribution in [3.63, 3.8) is 0 Å². The van der Waals surface area contributed by atoms with Crippen molar-refractivity contribution in [1.82, 2.24) is 4.90 Å². The van der Waals surface area contributed by atoms with Gasteiger partial charge in [0.25, 0.3) is 5.91 Å². The molecule has 0 unspecified atom stereocenters. The summed E-state index contributed by atoms with van der Waals surface area (Å²) in [6.07, 6.45) is 5.30. The normalized spacial score (nSPS) is 14.3. The Balaban J connectivity index is 2.21. The molecule has 1 saturated carbocycles. The van der Waals surface area contributed by atoms with E-state index in [0.29, 0.717) is 17.2 Å². The van der Waals surface area contributed by atoms with E-state index in [4.69, 9.17) is 9.52 Å². The molecule has 110 valence electrons. The zero-order valence-electron chi connectivity index (χ0n) is 12.0. The molecule has 1 aromatic rings. The maximum atomic E-state index is 12.7. The van der Waals surface area contributed by atoms with E-state index in [-0.39, 0.29) is 18.1 Å². The van der Waals surface area contributed by atoms with Gasteiger partial charge in [-0.15, -0.1) is 0 Å². The van der Waals surface area contributed by atoms with Crippen LogP contribution in [0.5, 0.6) is 0 Å². The highest BCUT2D eigenvalue weighted by Crippen LogP contribution is 2.30. The van der Waals surface area contributed by atoms with Gasteiger partial charge in [-0.3, -0.25) is 9.59 Å². The third-order valence-corrected chi connectivity index (χ3v) is 3.58. The van der Waals surface area contributed by atoms with Crippen LogP contribution in [-0.4, -0.2) is 34.5 Å². The molecule has 5 nitrogen and oxygen atoms in total. The number of furan rings is 1. The monoisotopic (exact) mass is 279 g/mol. The molecule has 1 aliphatic rings. The number of nitrogens with zero attached hydrogens (tertiary/aromatic N) is 1. The second kappa shape index (κ2) is 6.11. The van der Waals surface area contributed by atoms with Gasteiger partial charge in [0.1, 0.15) is 12.2 Å². The lowest BCUT2D eigenvalue weighted by Crippen LogP contribution is -2.34. The highest BCUT2D eigenvalue weighted by molar-refractivity contribution is 5.97. The Morgan fingerprint density at radius 2 is 2.15 bits per heavy atom. The van der Waals surface area contributed by atoms with Gasteiger partial charge in [-0.1, -0.05) is 13.3 Å². The zero-order valence-corrected chi connectivity index (χ0v) is 12.0. The van der Waals surface area contributed by atoms with Gasteiger partial charge in [-0.2, -0.15) is 0 Å². The Morgan fingerprint density at radius 1 is 1.45 bits per heavy atom. The Hall–Kier alpha value is -1.78. The molecular weight excluding hydrogens is 258 g/mol. The number of aliphatic carboxylic acids is 1. The predicted molar refractivity (Wildman–Crippen MR) is 73.8 cm³/mol. The van der Waals surface area contributed by atoms with E-state index in [1.54, 1.807) is 6.92 Å². The summed E-state index contributed by atoms with van der Waals surface area (Å²) in [6, 6.07) is 0.320. The molecule has 1 aliphatic carbocycles. The number of hydrogen-bond acceptors (Lipinski definition) is 3. The van der Waals surface area contributed by atoms with Crippen LogP contribution in [0.25, 0.3) is 0 Å². The van der Waals surface area contributed by atoms with Crippen molar-refractivity contribution < 1.29 is 19.1 Å². The number of amides is 1. The Labute approximate surface area is 118 Å². The SMILES string of the molecule is CCCCN(C(=O)c1c(C)coc1CC(=O)O)C1CC1. The maximum Gasteiger partial charge on any atom is 0.311 e. The number of unbranched alkanes of at least 4 members (excludes halogenated alkanes) is 1. The van der Waals surface area contributed by atoms with Crippen molar-refractivity contribution in [3.05, 3.63) is 23.2 Å². The Morgan fingerprint density at radius 3 is 2.70 bits per heavy atom. The summed E-state index contributed by atoms with van der Waals surface area (Å²) in [4.78, 5) is 25.4. The third kappa shape index (κ3) is 3.21. The number of carbonyl (C=O) groups is 2. The van der Waals surface area contributed by atoms with E-state index < -0.39 is 5.97 Å². The van der Waals surface area contributed by atoms with E-state index >= 15 is 0 Å². The second-order valence-corrected chi connectivity index (χ2v) is 5.37. The lowest BCUT2D eigenvalue weighted by atomic mass is 10.1. The molecule has 0 aliphatic heterocycles. The van der Waals surface area contributed by atoms with Crippen LogP contribution in [0.3, 0.4) is 0 Å². The molecular formula is C15H21NO4. The summed E-state index contributed by atoms with van der Waals surface area (Å²) in [6.45, 7) is 4.61. The summed E-state index contributed by atoms with van der Waals surface area (Å²) in [5, 5.41) is 8.90. The lowest BCUT2D eigenvalue weighted by Gasteiger charge is -2.22. The first-order chi connectivity index (χ1) is 9.54. The number of carbonyl (C=O) groups excluding carboxylic acids is 1. The van der Waals surface area contributed by atoms with Gasteiger partial charge in [0, 0.05) is 18.2 Å². The number of aryl methyl sites for hydroxylation is 1. The van der Waals surface area contributed by atoms with Crippen molar-refractivity contribution >= 4 is 11.9 Å². The van der Waals surface area contributed by atoms with Crippen molar-refractivity contribution in [1.29, 1.82) is 0 Å². The van der Waals surface area contributed by atoms with Crippen LogP contribution in [0.4, 0.5) is 0 Å². The molecule has 0 aromatic carbocycles. The standard InChI is InChI=1S/C15H21NO4/c1-3-4-7-16(11-5-6-11)15(19)14-10(2)9-20-12(14)8-13(17)18/h9,11H,3-8H2,1-2H3,(H,17,18). The van der Waals surface area contributed by atoms with Crippen LogP contribution < -0.4 is 0 Å². The van der Waals surface area contributed by atoms with E-state index in [0.717, 1.165) is 32.2 Å². The van der Waals surface area contributed by atoms with E-state index in [9.17, 15) is 9.59 Å². The molecule has 1 N–H and O–H groups in total. The fourth-order valence-electron chi connectivity index (χ4n) is 2.36. The van der Waals surface area contributed by atoms with Crippen LogP contribution in [0.15, 0.2) is 10.7 Å². The fourth-order valence-corrected chi connectivity index (χ4v) is 2.36. The van der Waals surface area contributed by atoms with Crippen LogP contribution in [0.1, 0.15) is 54.3 Å². The second-order valence-electron chi connectivity index (χ2n) is 5.37. The third-order valence-electron chi connectivity index (χ3n) is 3.58. The molecule has 1 aromatic heterocycles. The van der Waals surface area contributed by atoms with Crippen molar-refractivity contribution in [2.75, 3.05) is 6.54 Å². The van der Waals surface area contributed by atoms with E-state index in [1.807, 2.05) is 4.90 Å². The molecule has 2 rings (SSSR count). The average molecular weight is 279 g/mol. The molecule has 0 spiro atoms. The maximum absolute atomic E-state index is 12.7. The number of carboxylic acid groups (broad SMARTS) is 1. The van der Waals surface area contributed by atoms with Crippen LogP contribution >= 0.6 is 0 Å². The highest BCUT2D eigenvalue weighted by Gasteiger charge is 2.35. The number of hydrogen-bond donors (Lipinski definition) is 1. The van der Waals surface area contributed by atoms with Crippen LogP contribution in [-0.2, 0) is 11.2 Å². The van der Waals surface area contributed by atoms with E-state index in [2.05, 4.69) is 6.92 Å². The summed E-state index contributed by atoms with van der Waals surface area (Å²) in [7, 11) is 0. The van der Waals surface area contributed by atoms with Crippen LogP contribution in [0, 0.1) is 6.92 Å². The van der Waals surface area contributed by atoms with Gasteiger partial charge in [0.15, 0.2) is 0 Å². The minimum atomic E-state index is -0.986. The molecule has 20 heavy (non-hydrogen) atoms. The van der Waals surface area contributed by atoms with E-state index in [1.165, 1.54) is 6.26 Å².